The molecule has 0 aromatic carbocycles. The van der Waals surface area contributed by atoms with Crippen LogP contribution >= 0.6 is 12.4 Å². The van der Waals surface area contributed by atoms with Crippen LogP contribution in [0.3, 0.4) is 0 Å². The number of ether oxygens (including phenoxy) is 1. The van der Waals surface area contributed by atoms with Crippen LogP contribution in [-0.4, -0.2) is 57.7 Å². The fourth-order valence-corrected chi connectivity index (χ4v) is 4.91. The van der Waals surface area contributed by atoms with Crippen molar-refractivity contribution in [1.82, 2.24) is 10.6 Å². The summed E-state index contributed by atoms with van der Waals surface area (Å²) in [7, 11) is -3.44. The molecule has 0 aromatic heterocycles. The van der Waals surface area contributed by atoms with Crippen LogP contribution in [0.15, 0.2) is 0 Å². The highest BCUT2D eigenvalue weighted by atomic mass is 35.5. The van der Waals surface area contributed by atoms with Crippen molar-refractivity contribution in [3.05, 3.63) is 0 Å². The van der Waals surface area contributed by atoms with Gasteiger partial charge in [-0.1, -0.05) is 25.7 Å². The van der Waals surface area contributed by atoms with Crippen molar-refractivity contribution in [2.24, 2.45) is 0 Å². The minimum absolute atomic E-state index is 0. The van der Waals surface area contributed by atoms with E-state index < -0.39 is 14.6 Å². The molecule has 2 aliphatic rings. The van der Waals surface area contributed by atoms with Crippen LogP contribution in [0.1, 0.15) is 51.4 Å². The van der Waals surface area contributed by atoms with E-state index in [1.165, 1.54) is 31.9 Å². The van der Waals surface area contributed by atoms with Gasteiger partial charge in [0.05, 0.1) is 12.7 Å². The highest BCUT2D eigenvalue weighted by Crippen LogP contribution is 2.28. The molecule has 0 aromatic rings. The van der Waals surface area contributed by atoms with Crippen LogP contribution in [-0.2, 0) is 19.4 Å². The zero-order valence-corrected chi connectivity index (χ0v) is 16.1. The van der Waals surface area contributed by atoms with Crippen molar-refractivity contribution in [3.63, 3.8) is 0 Å². The number of hydrogen-bond donors (Lipinski definition) is 2. The molecular formula is C16H31ClN2O4S. The first kappa shape index (κ1) is 21.7. The van der Waals surface area contributed by atoms with Gasteiger partial charge in [-0.3, -0.25) is 4.79 Å². The Labute approximate surface area is 151 Å². The molecule has 2 rings (SSSR count). The molecule has 1 aliphatic carbocycles. The Kier molecular flexibility index (Phi) is 8.98. The van der Waals surface area contributed by atoms with Crippen molar-refractivity contribution in [2.45, 2.75) is 62.2 Å². The SMILES string of the molecule is CS(=O)(=O)C1(C(=O)NCCOC2CCCCCC2)CCNCC1.Cl. The number of amides is 1. The maximum Gasteiger partial charge on any atom is 0.241 e. The fourth-order valence-electron chi connectivity index (χ4n) is 3.56. The summed E-state index contributed by atoms with van der Waals surface area (Å²) in [6.07, 6.45) is 9.28. The van der Waals surface area contributed by atoms with Crippen LogP contribution in [0.5, 0.6) is 0 Å². The van der Waals surface area contributed by atoms with E-state index in [9.17, 15) is 13.2 Å². The van der Waals surface area contributed by atoms with Crippen LogP contribution in [0.2, 0.25) is 0 Å². The van der Waals surface area contributed by atoms with Crippen LogP contribution in [0.25, 0.3) is 0 Å². The molecule has 8 heteroatoms. The van der Waals surface area contributed by atoms with Gasteiger partial charge in [0.2, 0.25) is 5.91 Å². The predicted molar refractivity (Wildman–Crippen MR) is 97.4 cm³/mol. The molecule has 1 saturated carbocycles. The third-order valence-corrected chi connectivity index (χ3v) is 7.09. The number of nitrogens with one attached hydrogen (secondary N) is 2. The topological polar surface area (TPSA) is 84.5 Å². The van der Waals surface area contributed by atoms with E-state index in [1.807, 2.05) is 0 Å². The van der Waals surface area contributed by atoms with Gasteiger partial charge in [0.25, 0.3) is 0 Å². The zero-order valence-electron chi connectivity index (χ0n) is 14.5. The van der Waals surface area contributed by atoms with E-state index >= 15 is 0 Å². The largest absolute Gasteiger partial charge is 0.376 e. The number of rotatable bonds is 6. The van der Waals surface area contributed by atoms with E-state index in [4.69, 9.17) is 4.74 Å². The number of carbonyl (C=O) groups is 1. The van der Waals surface area contributed by atoms with Crippen molar-refractivity contribution >= 4 is 28.2 Å². The summed E-state index contributed by atoms with van der Waals surface area (Å²) in [6.45, 7) is 1.94. The van der Waals surface area contributed by atoms with Crippen molar-refractivity contribution in [2.75, 3.05) is 32.5 Å². The van der Waals surface area contributed by atoms with Crippen LogP contribution < -0.4 is 10.6 Å². The number of sulfone groups is 1. The minimum atomic E-state index is -3.44. The monoisotopic (exact) mass is 382 g/mol. The summed E-state index contributed by atoms with van der Waals surface area (Å²) in [5, 5.41) is 5.90. The molecule has 2 fully saturated rings. The molecule has 0 spiro atoms. The summed E-state index contributed by atoms with van der Waals surface area (Å²) in [5.74, 6) is -0.369. The van der Waals surface area contributed by atoms with Crippen LogP contribution in [0, 0.1) is 0 Å². The molecule has 1 amide bonds. The van der Waals surface area contributed by atoms with E-state index in [0.717, 1.165) is 12.8 Å². The molecule has 1 saturated heterocycles. The summed E-state index contributed by atoms with van der Waals surface area (Å²) in [5.41, 5.74) is 0. The van der Waals surface area contributed by atoms with Crippen molar-refractivity contribution in [1.29, 1.82) is 0 Å². The summed E-state index contributed by atoms with van der Waals surface area (Å²) >= 11 is 0. The fraction of sp³-hybridized carbons (Fsp3) is 0.938. The quantitative estimate of drug-likeness (QED) is 0.536. The van der Waals surface area contributed by atoms with E-state index in [0.29, 0.717) is 39.1 Å². The summed E-state index contributed by atoms with van der Waals surface area (Å²) in [6, 6.07) is 0. The molecule has 1 heterocycles. The smallest absolute Gasteiger partial charge is 0.241 e. The molecule has 6 nitrogen and oxygen atoms in total. The second-order valence-corrected chi connectivity index (χ2v) is 9.08. The summed E-state index contributed by atoms with van der Waals surface area (Å²) < 4.78 is 28.9. The lowest BCUT2D eigenvalue weighted by atomic mass is 9.96. The molecule has 0 radical (unpaired) electrons. The first-order valence-corrected chi connectivity index (χ1v) is 10.6. The molecule has 1 aliphatic heterocycles. The molecule has 0 atom stereocenters. The number of hydrogen-bond acceptors (Lipinski definition) is 5. The van der Waals surface area contributed by atoms with Gasteiger partial charge in [0.1, 0.15) is 0 Å². The van der Waals surface area contributed by atoms with Gasteiger partial charge in [0, 0.05) is 12.8 Å². The molecule has 142 valence electrons. The first-order chi connectivity index (χ1) is 11.0. The summed E-state index contributed by atoms with van der Waals surface area (Å²) in [4.78, 5) is 12.5. The Balaban J connectivity index is 0.00000288. The first-order valence-electron chi connectivity index (χ1n) is 8.76. The van der Waals surface area contributed by atoms with Gasteiger partial charge in [-0.05, 0) is 38.8 Å². The van der Waals surface area contributed by atoms with E-state index in [2.05, 4.69) is 10.6 Å². The molecule has 0 bridgehead atoms. The van der Waals surface area contributed by atoms with Gasteiger partial charge in [-0.2, -0.15) is 0 Å². The van der Waals surface area contributed by atoms with Crippen molar-refractivity contribution in [3.8, 4) is 0 Å². The third-order valence-electron chi connectivity index (χ3n) is 5.08. The molecule has 24 heavy (non-hydrogen) atoms. The standard InChI is InChI=1S/C16H30N2O4S.ClH/c1-23(20,21)16(8-10-17-11-9-16)15(19)18-12-13-22-14-6-4-2-3-5-7-14;/h14,17H,2-13H2,1H3,(H,18,19);1H. The zero-order chi connectivity index (χ0) is 16.8. The lowest BCUT2D eigenvalue weighted by Gasteiger charge is -2.34. The van der Waals surface area contributed by atoms with E-state index in [-0.39, 0.29) is 24.4 Å². The third kappa shape index (κ3) is 5.58. The maximum absolute atomic E-state index is 12.5. The Bertz CT molecular complexity index is 484. The second kappa shape index (κ2) is 9.94. The second-order valence-electron chi connectivity index (χ2n) is 6.76. The van der Waals surface area contributed by atoms with Gasteiger partial charge < -0.3 is 15.4 Å². The highest BCUT2D eigenvalue weighted by Gasteiger charge is 2.48. The highest BCUT2D eigenvalue weighted by molar-refractivity contribution is 7.92. The van der Waals surface area contributed by atoms with Crippen molar-refractivity contribution < 1.29 is 17.9 Å². The Morgan fingerprint density at radius 3 is 2.29 bits per heavy atom. The maximum atomic E-state index is 12.5. The average molecular weight is 383 g/mol. The number of halogens is 1. The van der Waals surface area contributed by atoms with Gasteiger partial charge in [-0.25, -0.2) is 8.42 Å². The minimum Gasteiger partial charge on any atom is -0.376 e. The lowest BCUT2D eigenvalue weighted by Crippen LogP contribution is -2.57. The van der Waals surface area contributed by atoms with E-state index in [1.54, 1.807) is 0 Å². The Morgan fingerprint density at radius 2 is 1.75 bits per heavy atom. The number of carbonyl (C=O) groups excluding carboxylic acids is 1. The van der Waals surface area contributed by atoms with Gasteiger partial charge >= 0.3 is 0 Å². The molecular weight excluding hydrogens is 352 g/mol. The number of piperidine rings is 1. The normalized spacial score (nSPS) is 22.2. The van der Waals surface area contributed by atoms with Gasteiger partial charge in [-0.15, -0.1) is 12.4 Å². The molecule has 2 N–H and O–H groups in total. The molecule has 0 unspecified atom stereocenters. The Morgan fingerprint density at radius 1 is 1.17 bits per heavy atom. The van der Waals surface area contributed by atoms with Crippen LogP contribution in [0.4, 0.5) is 0 Å². The average Bonchev–Trinajstić information content (AvgIpc) is 2.79. The predicted octanol–water partition coefficient (Wildman–Crippen LogP) is 1.43. The van der Waals surface area contributed by atoms with Gasteiger partial charge in [0.15, 0.2) is 14.6 Å². The Hall–Kier alpha value is -0.370. The lowest BCUT2D eigenvalue weighted by molar-refractivity contribution is -0.124.